The molecular formula is C13H18ClN3O. The van der Waals surface area contributed by atoms with Crippen LogP contribution in [0.15, 0.2) is 18.2 Å². The number of halogens is 1. The lowest BCUT2D eigenvalue weighted by Crippen LogP contribution is -2.54. The number of nitrogens with one attached hydrogen (secondary N) is 2. The molecule has 0 saturated carbocycles. The molecule has 1 unspecified atom stereocenters. The van der Waals surface area contributed by atoms with E-state index < -0.39 is 0 Å². The van der Waals surface area contributed by atoms with Crippen molar-refractivity contribution in [2.75, 3.05) is 32.0 Å². The highest BCUT2D eigenvalue weighted by Gasteiger charge is 2.25. The molecule has 0 radical (unpaired) electrons. The number of carbonyl (C=O) groups excluding carboxylic acids is 1. The van der Waals surface area contributed by atoms with Crippen LogP contribution in [0.4, 0.5) is 5.69 Å². The fourth-order valence-electron chi connectivity index (χ4n) is 2.06. The van der Waals surface area contributed by atoms with Crippen molar-refractivity contribution in [1.82, 2.24) is 10.2 Å². The van der Waals surface area contributed by atoms with Crippen molar-refractivity contribution < 1.29 is 4.79 Å². The summed E-state index contributed by atoms with van der Waals surface area (Å²) in [4.78, 5) is 14.3. The molecule has 2 rings (SSSR count). The molecule has 1 fully saturated rings. The molecule has 1 atom stereocenters. The van der Waals surface area contributed by atoms with Gasteiger partial charge in [0.15, 0.2) is 0 Å². The Labute approximate surface area is 112 Å². The summed E-state index contributed by atoms with van der Waals surface area (Å²) in [7, 11) is 1.97. The largest absolute Gasteiger partial charge is 0.324 e. The number of piperazine rings is 1. The van der Waals surface area contributed by atoms with Crippen molar-refractivity contribution in [3.8, 4) is 0 Å². The summed E-state index contributed by atoms with van der Waals surface area (Å²) in [6, 6.07) is 5.40. The van der Waals surface area contributed by atoms with Crippen LogP contribution in [-0.4, -0.2) is 43.5 Å². The second-order valence-electron chi connectivity index (χ2n) is 4.60. The minimum atomic E-state index is -0.128. The zero-order valence-corrected chi connectivity index (χ0v) is 11.4. The van der Waals surface area contributed by atoms with Crippen LogP contribution in [-0.2, 0) is 4.79 Å². The van der Waals surface area contributed by atoms with Crippen molar-refractivity contribution in [3.05, 3.63) is 28.8 Å². The van der Waals surface area contributed by atoms with Crippen LogP contribution >= 0.6 is 11.6 Å². The molecule has 18 heavy (non-hydrogen) atoms. The van der Waals surface area contributed by atoms with E-state index in [4.69, 9.17) is 11.6 Å². The van der Waals surface area contributed by atoms with Crippen LogP contribution in [0, 0.1) is 6.92 Å². The zero-order valence-electron chi connectivity index (χ0n) is 10.7. The standard InChI is InChI=1S/C13H18ClN3O/c1-9-10(14)4-3-5-11(9)16-13(18)12-8-15-6-7-17(12)2/h3-5,12,15H,6-8H2,1-2H3,(H,16,18). The maximum absolute atomic E-state index is 12.2. The minimum absolute atomic E-state index is 0.00932. The first-order chi connectivity index (χ1) is 8.59. The van der Waals surface area contributed by atoms with Crippen LogP contribution in [0.3, 0.4) is 0 Å². The highest BCUT2D eigenvalue weighted by molar-refractivity contribution is 6.31. The third-order valence-corrected chi connectivity index (χ3v) is 3.75. The van der Waals surface area contributed by atoms with Gasteiger partial charge in [-0.25, -0.2) is 0 Å². The summed E-state index contributed by atoms with van der Waals surface area (Å²) >= 11 is 6.04. The van der Waals surface area contributed by atoms with E-state index in [0.29, 0.717) is 11.6 Å². The Morgan fingerprint density at radius 3 is 3.06 bits per heavy atom. The number of hydrogen-bond acceptors (Lipinski definition) is 3. The molecule has 1 aromatic rings. The van der Waals surface area contributed by atoms with Crippen molar-refractivity contribution in [1.29, 1.82) is 0 Å². The van der Waals surface area contributed by atoms with E-state index in [0.717, 1.165) is 24.3 Å². The molecule has 0 aliphatic carbocycles. The predicted molar refractivity (Wildman–Crippen MR) is 74.1 cm³/mol. The first-order valence-electron chi connectivity index (χ1n) is 6.06. The Bertz CT molecular complexity index is 450. The molecule has 4 nitrogen and oxygen atoms in total. The van der Waals surface area contributed by atoms with E-state index in [2.05, 4.69) is 15.5 Å². The van der Waals surface area contributed by atoms with E-state index in [1.54, 1.807) is 0 Å². The Hall–Kier alpha value is -1.10. The molecule has 1 aliphatic heterocycles. The van der Waals surface area contributed by atoms with Crippen LogP contribution in [0.2, 0.25) is 5.02 Å². The van der Waals surface area contributed by atoms with Gasteiger partial charge in [-0.1, -0.05) is 17.7 Å². The quantitative estimate of drug-likeness (QED) is 0.853. The molecule has 0 spiro atoms. The number of rotatable bonds is 2. The maximum Gasteiger partial charge on any atom is 0.243 e. The van der Waals surface area contributed by atoms with E-state index in [-0.39, 0.29) is 11.9 Å². The predicted octanol–water partition coefficient (Wildman–Crippen LogP) is 1.49. The van der Waals surface area contributed by atoms with Gasteiger partial charge >= 0.3 is 0 Å². The van der Waals surface area contributed by atoms with Crippen LogP contribution in [0.25, 0.3) is 0 Å². The third kappa shape index (κ3) is 2.83. The number of amides is 1. The van der Waals surface area contributed by atoms with Gasteiger partial charge in [0.05, 0.1) is 0 Å². The van der Waals surface area contributed by atoms with Gasteiger partial charge in [0.1, 0.15) is 6.04 Å². The number of carbonyl (C=O) groups is 1. The molecule has 1 heterocycles. The van der Waals surface area contributed by atoms with Gasteiger partial charge in [-0.15, -0.1) is 0 Å². The van der Waals surface area contributed by atoms with Gasteiger partial charge in [0.2, 0.25) is 5.91 Å². The first kappa shape index (κ1) is 13.3. The molecule has 1 amide bonds. The average molecular weight is 268 g/mol. The lowest BCUT2D eigenvalue weighted by Gasteiger charge is -2.32. The molecule has 1 aromatic carbocycles. The van der Waals surface area contributed by atoms with E-state index in [1.807, 2.05) is 32.2 Å². The van der Waals surface area contributed by atoms with Gasteiger partial charge in [0.25, 0.3) is 0 Å². The Balaban J connectivity index is 2.09. The molecule has 2 N–H and O–H groups in total. The smallest absolute Gasteiger partial charge is 0.243 e. The fraction of sp³-hybridized carbons (Fsp3) is 0.462. The molecule has 0 bridgehead atoms. The van der Waals surface area contributed by atoms with Crippen molar-refractivity contribution >= 4 is 23.2 Å². The van der Waals surface area contributed by atoms with Gasteiger partial charge < -0.3 is 10.6 Å². The lowest BCUT2D eigenvalue weighted by molar-refractivity contribution is -0.121. The van der Waals surface area contributed by atoms with Crippen molar-refractivity contribution in [2.45, 2.75) is 13.0 Å². The van der Waals surface area contributed by atoms with Crippen LogP contribution < -0.4 is 10.6 Å². The number of likely N-dealkylation sites (N-methyl/N-ethyl adjacent to an activating group) is 1. The lowest BCUT2D eigenvalue weighted by atomic mass is 10.1. The van der Waals surface area contributed by atoms with Crippen LogP contribution in [0.5, 0.6) is 0 Å². The SMILES string of the molecule is Cc1c(Cl)cccc1NC(=O)C1CNCCN1C. The third-order valence-electron chi connectivity index (χ3n) is 3.34. The Kier molecular flexibility index (Phi) is 4.22. The summed E-state index contributed by atoms with van der Waals surface area (Å²) in [6.07, 6.45) is 0. The van der Waals surface area contributed by atoms with E-state index >= 15 is 0 Å². The van der Waals surface area contributed by atoms with E-state index in [1.165, 1.54) is 0 Å². The topological polar surface area (TPSA) is 44.4 Å². The molecule has 5 heteroatoms. The van der Waals surface area contributed by atoms with Gasteiger partial charge in [0, 0.05) is 30.3 Å². The highest BCUT2D eigenvalue weighted by atomic mass is 35.5. The van der Waals surface area contributed by atoms with Gasteiger partial charge in [-0.05, 0) is 31.7 Å². The number of hydrogen-bond donors (Lipinski definition) is 2. The molecule has 1 saturated heterocycles. The normalized spacial score (nSPS) is 20.7. The Morgan fingerprint density at radius 2 is 2.33 bits per heavy atom. The average Bonchev–Trinajstić information content (AvgIpc) is 2.35. The minimum Gasteiger partial charge on any atom is -0.324 e. The van der Waals surface area contributed by atoms with Crippen LogP contribution in [0.1, 0.15) is 5.56 Å². The Morgan fingerprint density at radius 1 is 1.56 bits per heavy atom. The first-order valence-corrected chi connectivity index (χ1v) is 6.44. The molecular weight excluding hydrogens is 250 g/mol. The van der Waals surface area contributed by atoms with E-state index in [9.17, 15) is 4.79 Å². The molecule has 0 aromatic heterocycles. The summed E-state index contributed by atoms with van der Waals surface area (Å²) in [5.74, 6) is 0.00932. The summed E-state index contributed by atoms with van der Waals surface area (Å²) in [5.41, 5.74) is 1.69. The zero-order chi connectivity index (χ0) is 13.1. The number of nitrogens with zero attached hydrogens (tertiary/aromatic N) is 1. The summed E-state index contributed by atoms with van der Waals surface area (Å²) in [6.45, 7) is 4.39. The molecule has 1 aliphatic rings. The second-order valence-corrected chi connectivity index (χ2v) is 5.01. The number of anilines is 1. The van der Waals surface area contributed by atoms with Crippen molar-refractivity contribution in [2.24, 2.45) is 0 Å². The maximum atomic E-state index is 12.2. The highest BCUT2D eigenvalue weighted by Crippen LogP contribution is 2.23. The summed E-state index contributed by atoms with van der Waals surface area (Å²) < 4.78 is 0. The molecule has 98 valence electrons. The number of benzene rings is 1. The van der Waals surface area contributed by atoms with Crippen molar-refractivity contribution in [3.63, 3.8) is 0 Å². The second kappa shape index (κ2) is 5.69. The van der Waals surface area contributed by atoms with Gasteiger partial charge in [-0.2, -0.15) is 0 Å². The summed E-state index contributed by atoms with van der Waals surface area (Å²) in [5, 5.41) is 6.84. The monoisotopic (exact) mass is 267 g/mol. The fourth-order valence-corrected chi connectivity index (χ4v) is 2.23. The van der Waals surface area contributed by atoms with Gasteiger partial charge in [-0.3, -0.25) is 9.69 Å².